The maximum atomic E-state index is 12.6. The van der Waals surface area contributed by atoms with Crippen LogP contribution in [-0.2, 0) is 9.53 Å². The monoisotopic (exact) mass is 379 g/mol. The number of carbonyl (C=O) groups is 2. The minimum atomic E-state index is -0.888. The molecule has 1 amide bonds. The fourth-order valence-electron chi connectivity index (χ4n) is 3.42. The van der Waals surface area contributed by atoms with Crippen LogP contribution in [0.3, 0.4) is 0 Å². The highest BCUT2D eigenvalue weighted by Gasteiger charge is 2.25. The van der Waals surface area contributed by atoms with E-state index in [1.165, 1.54) is 37.4 Å². The molecule has 0 aliphatic heterocycles. The Morgan fingerprint density at radius 2 is 2.00 bits per heavy atom. The van der Waals surface area contributed by atoms with Crippen LogP contribution in [-0.4, -0.2) is 41.5 Å². The van der Waals surface area contributed by atoms with Gasteiger partial charge in [-0.05, 0) is 51.2 Å². The topological polar surface area (TPSA) is 75.6 Å². The largest absolute Gasteiger partial charge is 0.480 e. The Hall–Kier alpha value is -1.53. The van der Waals surface area contributed by atoms with E-state index < -0.39 is 11.2 Å². The highest BCUT2D eigenvalue weighted by Crippen LogP contribution is 2.31. The van der Waals surface area contributed by atoms with Crippen molar-refractivity contribution in [3.05, 3.63) is 29.8 Å². The van der Waals surface area contributed by atoms with E-state index >= 15 is 0 Å². The van der Waals surface area contributed by atoms with Gasteiger partial charge >= 0.3 is 5.97 Å². The molecule has 0 aromatic heterocycles. The standard InChI is InChI=1S/C20H29NO4S/c1-3-25-17(15-8-4-5-9-15)12-13-21-19(22)16-10-6-7-11-18(16)26-14(2)20(23)24/h6-7,10-11,14-15,17H,3-5,8-9,12-13H2,1-2H3,(H,21,22)(H,23,24). The van der Waals surface area contributed by atoms with Crippen molar-refractivity contribution in [1.29, 1.82) is 0 Å². The maximum absolute atomic E-state index is 12.6. The van der Waals surface area contributed by atoms with Crippen molar-refractivity contribution >= 4 is 23.6 Å². The van der Waals surface area contributed by atoms with Crippen molar-refractivity contribution in [3.63, 3.8) is 0 Å². The van der Waals surface area contributed by atoms with Gasteiger partial charge in [-0.3, -0.25) is 9.59 Å². The summed E-state index contributed by atoms with van der Waals surface area (Å²) < 4.78 is 5.90. The fraction of sp³-hybridized carbons (Fsp3) is 0.600. The molecule has 1 aliphatic rings. The number of carboxylic acid groups (broad SMARTS) is 1. The Morgan fingerprint density at radius 1 is 1.31 bits per heavy atom. The molecular weight excluding hydrogens is 350 g/mol. The Kier molecular flexibility index (Phi) is 8.45. The lowest BCUT2D eigenvalue weighted by atomic mass is 9.98. The summed E-state index contributed by atoms with van der Waals surface area (Å²) in [6, 6.07) is 7.15. The van der Waals surface area contributed by atoms with Crippen molar-refractivity contribution < 1.29 is 19.4 Å². The van der Waals surface area contributed by atoms with Gasteiger partial charge < -0.3 is 15.2 Å². The van der Waals surface area contributed by atoms with Gasteiger partial charge in [0.1, 0.15) is 5.25 Å². The van der Waals surface area contributed by atoms with E-state index in [-0.39, 0.29) is 12.0 Å². The third-order valence-electron chi connectivity index (χ3n) is 4.80. The first-order chi connectivity index (χ1) is 12.5. The van der Waals surface area contributed by atoms with Crippen molar-refractivity contribution in [1.82, 2.24) is 5.32 Å². The van der Waals surface area contributed by atoms with Crippen LogP contribution in [0.25, 0.3) is 0 Å². The van der Waals surface area contributed by atoms with Crippen LogP contribution >= 0.6 is 11.8 Å². The SMILES string of the molecule is CCOC(CCNC(=O)c1ccccc1SC(C)C(=O)O)C1CCCC1. The summed E-state index contributed by atoms with van der Waals surface area (Å²) in [4.78, 5) is 24.3. The molecule has 0 heterocycles. The zero-order valence-corrected chi connectivity index (χ0v) is 16.4. The molecule has 2 N–H and O–H groups in total. The summed E-state index contributed by atoms with van der Waals surface area (Å²) in [5.74, 6) is -0.445. The minimum Gasteiger partial charge on any atom is -0.480 e. The average molecular weight is 380 g/mol. The van der Waals surface area contributed by atoms with Gasteiger partial charge in [-0.25, -0.2) is 0 Å². The third-order valence-corrected chi connectivity index (χ3v) is 5.97. The number of carboxylic acids is 1. The van der Waals surface area contributed by atoms with Gasteiger partial charge in [0, 0.05) is 18.0 Å². The summed E-state index contributed by atoms with van der Waals surface area (Å²) in [6.45, 7) is 4.89. The van der Waals surface area contributed by atoms with Gasteiger partial charge in [0.05, 0.1) is 11.7 Å². The number of benzene rings is 1. The molecule has 0 bridgehead atoms. The lowest BCUT2D eigenvalue weighted by Crippen LogP contribution is -2.31. The number of amides is 1. The van der Waals surface area contributed by atoms with Crippen molar-refractivity contribution in [3.8, 4) is 0 Å². The highest BCUT2D eigenvalue weighted by molar-refractivity contribution is 8.00. The molecular formula is C20H29NO4S. The lowest BCUT2D eigenvalue weighted by molar-refractivity contribution is -0.136. The van der Waals surface area contributed by atoms with E-state index in [4.69, 9.17) is 9.84 Å². The number of ether oxygens (including phenoxy) is 1. The highest BCUT2D eigenvalue weighted by atomic mass is 32.2. The van der Waals surface area contributed by atoms with Gasteiger partial charge in [0.25, 0.3) is 5.91 Å². The van der Waals surface area contributed by atoms with Crippen LogP contribution < -0.4 is 5.32 Å². The molecule has 1 aliphatic carbocycles. The fourth-order valence-corrected chi connectivity index (χ4v) is 4.35. The molecule has 2 rings (SSSR count). The molecule has 1 fully saturated rings. The molecule has 144 valence electrons. The smallest absolute Gasteiger partial charge is 0.316 e. The Balaban J connectivity index is 1.91. The Bertz CT molecular complexity index is 601. The van der Waals surface area contributed by atoms with E-state index in [1.54, 1.807) is 25.1 Å². The number of thioether (sulfide) groups is 1. The number of nitrogens with one attached hydrogen (secondary N) is 1. The molecule has 0 saturated heterocycles. The molecule has 1 aromatic rings. The van der Waals surface area contributed by atoms with Gasteiger partial charge in [0.15, 0.2) is 0 Å². The van der Waals surface area contributed by atoms with E-state index in [1.807, 2.05) is 13.0 Å². The Morgan fingerprint density at radius 3 is 2.65 bits per heavy atom. The van der Waals surface area contributed by atoms with Crippen LogP contribution in [0.4, 0.5) is 0 Å². The predicted octanol–water partition coefficient (Wildman–Crippen LogP) is 3.97. The molecule has 0 spiro atoms. The number of hydrogen-bond donors (Lipinski definition) is 2. The summed E-state index contributed by atoms with van der Waals surface area (Å²) in [5, 5.41) is 11.5. The van der Waals surface area contributed by atoms with E-state index in [0.29, 0.717) is 29.5 Å². The van der Waals surface area contributed by atoms with Gasteiger partial charge in [-0.2, -0.15) is 0 Å². The van der Waals surface area contributed by atoms with E-state index in [9.17, 15) is 9.59 Å². The molecule has 5 nitrogen and oxygen atoms in total. The quantitative estimate of drug-likeness (QED) is 0.602. The predicted molar refractivity (Wildman–Crippen MR) is 104 cm³/mol. The van der Waals surface area contributed by atoms with Crippen LogP contribution in [0, 0.1) is 5.92 Å². The molecule has 6 heteroatoms. The zero-order valence-electron chi connectivity index (χ0n) is 15.6. The van der Waals surface area contributed by atoms with Gasteiger partial charge in [0.2, 0.25) is 0 Å². The Labute approximate surface area is 159 Å². The zero-order chi connectivity index (χ0) is 18.9. The summed E-state index contributed by atoms with van der Waals surface area (Å²) in [6.07, 6.45) is 5.99. The maximum Gasteiger partial charge on any atom is 0.316 e. The first kappa shape index (κ1) is 20.8. The summed E-state index contributed by atoms with van der Waals surface area (Å²) in [7, 11) is 0. The number of carbonyl (C=O) groups excluding carboxylic acids is 1. The average Bonchev–Trinajstić information content (AvgIpc) is 3.15. The van der Waals surface area contributed by atoms with Gasteiger partial charge in [-0.1, -0.05) is 25.0 Å². The second-order valence-corrected chi connectivity index (χ2v) is 8.06. The van der Waals surface area contributed by atoms with Crippen molar-refractivity contribution in [2.45, 2.75) is 62.2 Å². The first-order valence-electron chi connectivity index (χ1n) is 9.41. The molecule has 1 aromatic carbocycles. The molecule has 1 saturated carbocycles. The second kappa shape index (κ2) is 10.6. The lowest BCUT2D eigenvalue weighted by Gasteiger charge is -2.23. The van der Waals surface area contributed by atoms with Crippen molar-refractivity contribution in [2.24, 2.45) is 5.92 Å². The summed E-state index contributed by atoms with van der Waals surface area (Å²) >= 11 is 1.19. The van der Waals surface area contributed by atoms with E-state index in [2.05, 4.69) is 5.32 Å². The number of hydrogen-bond acceptors (Lipinski definition) is 4. The number of aliphatic carboxylic acids is 1. The molecule has 2 unspecified atom stereocenters. The number of rotatable bonds is 10. The molecule has 26 heavy (non-hydrogen) atoms. The normalized spacial score (nSPS) is 17.0. The third kappa shape index (κ3) is 6.02. The van der Waals surface area contributed by atoms with Crippen LogP contribution in [0.1, 0.15) is 56.3 Å². The molecule has 0 radical (unpaired) electrons. The van der Waals surface area contributed by atoms with Crippen molar-refractivity contribution in [2.75, 3.05) is 13.2 Å². The minimum absolute atomic E-state index is 0.160. The molecule has 2 atom stereocenters. The first-order valence-corrected chi connectivity index (χ1v) is 10.3. The summed E-state index contributed by atoms with van der Waals surface area (Å²) in [5.41, 5.74) is 0.527. The van der Waals surface area contributed by atoms with E-state index in [0.717, 1.165) is 6.42 Å². The van der Waals surface area contributed by atoms with Gasteiger partial charge in [-0.15, -0.1) is 11.8 Å². The van der Waals surface area contributed by atoms with Crippen LogP contribution in [0.15, 0.2) is 29.2 Å². The van der Waals surface area contributed by atoms with Crippen LogP contribution in [0.5, 0.6) is 0 Å². The van der Waals surface area contributed by atoms with Crippen LogP contribution in [0.2, 0.25) is 0 Å². The second-order valence-electron chi connectivity index (χ2n) is 6.68.